The van der Waals surface area contributed by atoms with Gasteiger partial charge in [-0.3, -0.25) is 4.79 Å². The Hall–Kier alpha value is -3.60. The van der Waals surface area contributed by atoms with Crippen LogP contribution < -0.4 is 14.9 Å². The molecule has 160 valence electrons. The summed E-state index contributed by atoms with van der Waals surface area (Å²) in [5.41, 5.74) is 5.48. The van der Waals surface area contributed by atoms with Crippen molar-refractivity contribution in [1.82, 2.24) is 5.43 Å². The maximum Gasteiger partial charge on any atom is 0.277 e. The van der Waals surface area contributed by atoms with E-state index >= 15 is 0 Å². The maximum atomic E-state index is 12.2. The van der Waals surface area contributed by atoms with Crippen molar-refractivity contribution in [3.05, 3.63) is 95.6 Å². The molecule has 0 saturated carbocycles. The highest BCUT2D eigenvalue weighted by Crippen LogP contribution is 2.28. The highest BCUT2D eigenvalue weighted by atomic mass is 16.5. The van der Waals surface area contributed by atoms with Crippen LogP contribution in [0.4, 0.5) is 0 Å². The van der Waals surface area contributed by atoms with Crippen molar-refractivity contribution < 1.29 is 14.3 Å². The fourth-order valence-electron chi connectivity index (χ4n) is 3.04. The molecule has 1 atom stereocenters. The number of nitrogens with one attached hydrogen (secondary N) is 1. The third kappa shape index (κ3) is 6.71. The van der Waals surface area contributed by atoms with Gasteiger partial charge in [-0.15, -0.1) is 0 Å². The lowest BCUT2D eigenvalue weighted by atomic mass is 9.98. The lowest BCUT2D eigenvalue weighted by Crippen LogP contribution is -2.25. The van der Waals surface area contributed by atoms with Gasteiger partial charge in [0.05, 0.1) is 6.21 Å². The first-order chi connectivity index (χ1) is 15.2. The second-order valence-electron chi connectivity index (χ2n) is 7.24. The van der Waals surface area contributed by atoms with E-state index in [-0.39, 0.29) is 12.5 Å². The first kappa shape index (κ1) is 22.1. The van der Waals surface area contributed by atoms with Gasteiger partial charge in [0.1, 0.15) is 18.1 Å². The van der Waals surface area contributed by atoms with Gasteiger partial charge in [0.15, 0.2) is 6.61 Å². The van der Waals surface area contributed by atoms with Crippen LogP contribution >= 0.6 is 0 Å². The fourth-order valence-corrected chi connectivity index (χ4v) is 3.04. The van der Waals surface area contributed by atoms with Crippen molar-refractivity contribution in [2.45, 2.75) is 32.8 Å². The van der Waals surface area contributed by atoms with Crippen LogP contribution in [0.3, 0.4) is 0 Å². The molecule has 31 heavy (non-hydrogen) atoms. The largest absolute Gasteiger partial charge is 0.488 e. The minimum atomic E-state index is -0.321. The van der Waals surface area contributed by atoms with Gasteiger partial charge in [-0.2, -0.15) is 5.10 Å². The van der Waals surface area contributed by atoms with E-state index in [1.165, 1.54) is 0 Å². The van der Waals surface area contributed by atoms with Crippen LogP contribution in [0.25, 0.3) is 0 Å². The zero-order chi connectivity index (χ0) is 21.9. The minimum Gasteiger partial charge on any atom is -0.488 e. The third-order valence-corrected chi connectivity index (χ3v) is 4.97. The summed E-state index contributed by atoms with van der Waals surface area (Å²) in [6.07, 6.45) is 2.58. The zero-order valence-electron chi connectivity index (χ0n) is 18.0. The van der Waals surface area contributed by atoms with Gasteiger partial charge >= 0.3 is 0 Å². The van der Waals surface area contributed by atoms with Crippen molar-refractivity contribution in [2.24, 2.45) is 5.10 Å². The molecule has 3 aromatic rings. The molecule has 0 fully saturated rings. The van der Waals surface area contributed by atoms with Crippen molar-refractivity contribution in [1.29, 1.82) is 0 Å². The number of carbonyl (C=O) groups is 1. The molecule has 0 radical (unpaired) electrons. The smallest absolute Gasteiger partial charge is 0.277 e. The van der Waals surface area contributed by atoms with Crippen molar-refractivity contribution in [3.8, 4) is 11.5 Å². The SMILES string of the molecule is CCC(C)c1ccccc1OCC(=O)NN=Cc1ccccc1OCc1ccccc1. The average molecular weight is 417 g/mol. The molecule has 1 unspecified atom stereocenters. The van der Waals surface area contributed by atoms with Crippen LogP contribution in [0.5, 0.6) is 11.5 Å². The Kier molecular flexibility index (Phi) is 8.23. The van der Waals surface area contributed by atoms with Gasteiger partial charge in [-0.05, 0) is 41.7 Å². The van der Waals surface area contributed by atoms with Gasteiger partial charge in [-0.25, -0.2) is 5.43 Å². The number of benzene rings is 3. The molecule has 1 amide bonds. The number of ether oxygens (including phenoxy) is 2. The highest BCUT2D eigenvalue weighted by molar-refractivity contribution is 5.85. The summed E-state index contributed by atoms with van der Waals surface area (Å²) >= 11 is 0. The Morgan fingerprint density at radius 2 is 1.61 bits per heavy atom. The molecule has 0 aliphatic carbocycles. The summed E-state index contributed by atoms with van der Waals surface area (Å²) in [5.74, 6) is 1.47. The van der Waals surface area contributed by atoms with E-state index in [4.69, 9.17) is 9.47 Å². The second-order valence-corrected chi connectivity index (χ2v) is 7.24. The van der Waals surface area contributed by atoms with E-state index in [1.54, 1.807) is 6.21 Å². The van der Waals surface area contributed by atoms with Gasteiger partial charge < -0.3 is 9.47 Å². The number of nitrogens with zero attached hydrogens (tertiary/aromatic N) is 1. The number of hydrazone groups is 1. The number of para-hydroxylation sites is 2. The van der Waals surface area contributed by atoms with Crippen LogP contribution in [0.2, 0.25) is 0 Å². The van der Waals surface area contributed by atoms with E-state index in [1.807, 2.05) is 78.9 Å². The Labute approximate surface area is 183 Å². The summed E-state index contributed by atoms with van der Waals surface area (Å²) in [7, 11) is 0. The molecular weight excluding hydrogens is 388 g/mol. The van der Waals surface area contributed by atoms with E-state index in [0.717, 1.165) is 28.9 Å². The monoisotopic (exact) mass is 416 g/mol. The van der Waals surface area contributed by atoms with Crippen LogP contribution in [0.15, 0.2) is 84.0 Å². The molecular formula is C26H28N2O3. The third-order valence-electron chi connectivity index (χ3n) is 4.97. The maximum absolute atomic E-state index is 12.2. The molecule has 0 spiro atoms. The average Bonchev–Trinajstić information content (AvgIpc) is 2.82. The van der Waals surface area contributed by atoms with Gasteiger partial charge in [0, 0.05) is 5.56 Å². The van der Waals surface area contributed by atoms with Crippen molar-refractivity contribution in [2.75, 3.05) is 6.61 Å². The predicted molar refractivity (Wildman–Crippen MR) is 124 cm³/mol. The van der Waals surface area contributed by atoms with Gasteiger partial charge in [0.2, 0.25) is 0 Å². The van der Waals surface area contributed by atoms with Gasteiger partial charge in [0.25, 0.3) is 5.91 Å². The van der Waals surface area contributed by atoms with E-state index < -0.39 is 0 Å². The number of rotatable bonds is 10. The molecule has 5 nitrogen and oxygen atoms in total. The quantitative estimate of drug-likeness (QED) is 0.360. The van der Waals surface area contributed by atoms with Crippen molar-refractivity contribution in [3.63, 3.8) is 0 Å². The molecule has 1 N–H and O–H groups in total. The van der Waals surface area contributed by atoms with Gasteiger partial charge in [-0.1, -0.05) is 74.5 Å². The number of amides is 1. The van der Waals surface area contributed by atoms with Crippen LogP contribution in [-0.2, 0) is 11.4 Å². The summed E-state index contributed by atoms with van der Waals surface area (Å²) in [5, 5.41) is 4.06. The molecule has 3 aromatic carbocycles. The van der Waals surface area contributed by atoms with E-state index in [2.05, 4.69) is 24.4 Å². The predicted octanol–water partition coefficient (Wildman–Crippen LogP) is 5.31. The summed E-state index contributed by atoms with van der Waals surface area (Å²) in [6, 6.07) is 25.3. The van der Waals surface area contributed by atoms with E-state index in [9.17, 15) is 4.79 Å². The van der Waals surface area contributed by atoms with Crippen LogP contribution in [-0.4, -0.2) is 18.7 Å². The number of hydrogen-bond donors (Lipinski definition) is 1. The number of hydrogen-bond acceptors (Lipinski definition) is 4. The Balaban J connectivity index is 1.53. The summed E-state index contributed by atoms with van der Waals surface area (Å²) in [4.78, 5) is 12.2. The second kappa shape index (κ2) is 11.6. The standard InChI is InChI=1S/C26H28N2O3/c1-3-20(2)23-14-8-10-16-25(23)31-19-26(29)28-27-17-22-13-7-9-15-24(22)30-18-21-11-5-4-6-12-21/h4-17,20H,3,18-19H2,1-2H3,(H,28,29). The highest BCUT2D eigenvalue weighted by Gasteiger charge is 2.11. The molecule has 0 heterocycles. The normalized spacial score (nSPS) is 11.8. The van der Waals surface area contributed by atoms with Crippen LogP contribution in [0, 0.1) is 0 Å². The molecule has 0 bridgehead atoms. The minimum absolute atomic E-state index is 0.100. The topological polar surface area (TPSA) is 59.9 Å². The lowest BCUT2D eigenvalue weighted by Gasteiger charge is -2.15. The number of carbonyl (C=O) groups excluding carboxylic acids is 1. The molecule has 3 rings (SSSR count). The molecule has 0 saturated heterocycles. The van der Waals surface area contributed by atoms with Crippen LogP contribution in [0.1, 0.15) is 42.9 Å². The molecule has 0 aliphatic rings. The Bertz CT molecular complexity index is 1000. The van der Waals surface area contributed by atoms with E-state index in [0.29, 0.717) is 18.3 Å². The molecule has 5 heteroatoms. The Morgan fingerprint density at radius 3 is 2.39 bits per heavy atom. The first-order valence-corrected chi connectivity index (χ1v) is 10.5. The lowest BCUT2D eigenvalue weighted by molar-refractivity contribution is -0.123. The first-order valence-electron chi connectivity index (χ1n) is 10.5. The summed E-state index contributed by atoms with van der Waals surface area (Å²) in [6.45, 7) is 4.63. The Morgan fingerprint density at radius 1 is 0.935 bits per heavy atom. The molecule has 0 aliphatic heterocycles. The zero-order valence-corrected chi connectivity index (χ0v) is 18.0. The van der Waals surface area contributed by atoms with Crippen molar-refractivity contribution >= 4 is 12.1 Å². The fraction of sp³-hybridized carbons (Fsp3) is 0.231. The summed E-state index contributed by atoms with van der Waals surface area (Å²) < 4.78 is 11.6. The molecule has 0 aromatic heterocycles.